The van der Waals surface area contributed by atoms with Crippen LogP contribution in [0.5, 0.6) is 5.75 Å². The highest BCUT2D eigenvalue weighted by Gasteiger charge is 2.38. The Morgan fingerprint density at radius 1 is 1.09 bits per heavy atom. The third-order valence-corrected chi connectivity index (χ3v) is 7.69. The number of rotatable bonds is 5. The topological polar surface area (TPSA) is 117 Å². The van der Waals surface area contributed by atoms with E-state index in [4.69, 9.17) is 9.15 Å². The number of sulfonamides is 1. The summed E-state index contributed by atoms with van der Waals surface area (Å²) in [5.41, 5.74) is 0.987. The molecule has 0 radical (unpaired) electrons. The van der Waals surface area contributed by atoms with Crippen LogP contribution < -0.4 is 0 Å². The van der Waals surface area contributed by atoms with Crippen LogP contribution in [0.15, 0.2) is 27.5 Å². The van der Waals surface area contributed by atoms with E-state index in [0.29, 0.717) is 0 Å². The minimum absolute atomic E-state index is 0.0448. The lowest BCUT2D eigenvalue weighted by Gasteiger charge is -2.34. The Morgan fingerprint density at radius 3 is 2.25 bits per heavy atom. The largest absolute Gasteiger partial charge is 0.507 e. The highest BCUT2D eigenvalue weighted by Crippen LogP contribution is 2.31. The molecular weight excluding hydrogens is 436 g/mol. The maximum absolute atomic E-state index is 13.3. The highest BCUT2D eigenvalue weighted by molar-refractivity contribution is 7.89. The molecule has 3 rings (SSSR count). The molecular formula is C22H28N2O7S. The first-order chi connectivity index (χ1) is 15.0. The van der Waals surface area contributed by atoms with Crippen LogP contribution in [0.3, 0.4) is 0 Å². The summed E-state index contributed by atoms with van der Waals surface area (Å²) in [6, 6.07) is 4.98. The number of hydrogen-bond acceptors (Lipinski definition) is 7. The SMILES string of the molecule is COC(=O)c1c(C)oc(C)c1S(=O)(=O)N1CCN(C(=O)c2ccc(C(C)C)cc2O)CC1. The molecule has 174 valence electrons. The molecule has 2 heterocycles. The first-order valence-corrected chi connectivity index (χ1v) is 11.7. The van der Waals surface area contributed by atoms with Gasteiger partial charge < -0.3 is 19.2 Å². The van der Waals surface area contributed by atoms with Crippen LogP contribution in [0.1, 0.15) is 57.6 Å². The molecule has 32 heavy (non-hydrogen) atoms. The molecule has 0 aliphatic carbocycles. The second-order valence-electron chi connectivity index (χ2n) is 8.04. The normalized spacial score (nSPS) is 15.2. The van der Waals surface area contributed by atoms with Gasteiger partial charge in [0, 0.05) is 26.2 Å². The molecule has 9 nitrogen and oxygen atoms in total. The summed E-state index contributed by atoms with van der Waals surface area (Å²) < 4.78 is 37.9. The van der Waals surface area contributed by atoms with E-state index in [2.05, 4.69) is 0 Å². The third kappa shape index (κ3) is 4.24. The lowest BCUT2D eigenvalue weighted by Crippen LogP contribution is -2.50. The Hall–Kier alpha value is -2.85. The van der Waals surface area contributed by atoms with Crippen LogP contribution in [-0.4, -0.2) is 67.9 Å². The second-order valence-corrected chi connectivity index (χ2v) is 9.91. The first kappa shape index (κ1) is 23.8. The molecule has 1 N–H and O–H groups in total. The molecule has 0 spiro atoms. The van der Waals surface area contributed by atoms with Crippen molar-refractivity contribution in [3.8, 4) is 5.75 Å². The van der Waals surface area contributed by atoms with Gasteiger partial charge in [-0.3, -0.25) is 4.79 Å². The third-order valence-electron chi connectivity index (χ3n) is 5.64. The summed E-state index contributed by atoms with van der Waals surface area (Å²) in [6.45, 7) is 7.35. The van der Waals surface area contributed by atoms with Crippen molar-refractivity contribution in [3.05, 3.63) is 46.4 Å². The maximum Gasteiger partial charge on any atom is 0.342 e. The van der Waals surface area contributed by atoms with E-state index in [1.54, 1.807) is 18.2 Å². The van der Waals surface area contributed by atoms with Gasteiger partial charge in [0.1, 0.15) is 27.7 Å². The smallest absolute Gasteiger partial charge is 0.342 e. The van der Waals surface area contributed by atoms with Gasteiger partial charge in [0.25, 0.3) is 5.91 Å². The predicted octanol–water partition coefficient (Wildman–Crippen LogP) is 2.66. The van der Waals surface area contributed by atoms with E-state index < -0.39 is 16.0 Å². The van der Waals surface area contributed by atoms with Gasteiger partial charge in [-0.1, -0.05) is 19.9 Å². The molecule has 1 aromatic carbocycles. The Kier molecular flexibility index (Phi) is 6.66. The number of furan rings is 1. The van der Waals surface area contributed by atoms with Crippen LogP contribution in [-0.2, 0) is 14.8 Å². The number of phenolic OH excluding ortho intramolecular Hbond substituents is 1. The van der Waals surface area contributed by atoms with E-state index in [9.17, 15) is 23.1 Å². The number of piperazine rings is 1. The van der Waals surface area contributed by atoms with Gasteiger partial charge >= 0.3 is 5.97 Å². The van der Waals surface area contributed by atoms with Crippen LogP contribution >= 0.6 is 0 Å². The number of aryl methyl sites for hydroxylation is 2. The standard InChI is InChI=1S/C22H28N2O7S/c1-13(2)16-6-7-17(18(25)12-16)21(26)23-8-10-24(11-9-23)32(28,29)20-15(4)31-14(3)19(20)22(27)30-5/h6-7,12-13,25H,8-11H2,1-5H3. The number of carbonyl (C=O) groups is 2. The zero-order chi connectivity index (χ0) is 23.8. The number of esters is 1. The van der Waals surface area contributed by atoms with Crippen LogP contribution in [0.25, 0.3) is 0 Å². The van der Waals surface area contributed by atoms with Crippen molar-refractivity contribution in [2.45, 2.75) is 38.5 Å². The van der Waals surface area contributed by atoms with Crippen LogP contribution in [0, 0.1) is 13.8 Å². The van der Waals surface area contributed by atoms with Gasteiger partial charge in [-0.15, -0.1) is 0 Å². The van der Waals surface area contributed by atoms with E-state index in [-0.39, 0.29) is 71.3 Å². The molecule has 1 aliphatic heterocycles. The summed E-state index contributed by atoms with van der Waals surface area (Å²) >= 11 is 0. The van der Waals surface area contributed by atoms with Gasteiger partial charge in [-0.25, -0.2) is 13.2 Å². The van der Waals surface area contributed by atoms with E-state index in [1.807, 2.05) is 13.8 Å². The fraction of sp³-hybridized carbons (Fsp3) is 0.455. The molecule has 0 atom stereocenters. The molecule has 0 saturated carbocycles. The summed E-state index contributed by atoms with van der Waals surface area (Å²) in [7, 11) is -2.87. The molecule has 0 bridgehead atoms. The molecule has 1 fully saturated rings. The van der Waals surface area contributed by atoms with E-state index in [0.717, 1.165) is 5.56 Å². The second kappa shape index (κ2) is 8.95. The van der Waals surface area contributed by atoms with Gasteiger partial charge in [0.15, 0.2) is 0 Å². The minimum atomic E-state index is -4.04. The fourth-order valence-corrected chi connectivity index (χ4v) is 5.62. The molecule has 0 unspecified atom stereocenters. The highest BCUT2D eigenvalue weighted by atomic mass is 32.2. The monoisotopic (exact) mass is 464 g/mol. The molecule has 1 saturated heterocycles. The average molecular weight is 465 g/mol. The number of hydrogen-bond donors (Lipinski definition) is 1. The lowest BCUT2D eigenvalue weighted by molar-refractivity contribution is 0.0594. The number of ether oxygens (including phenoxy) is 1. The zero-order valence-corrected chi connectivity index (χ0v) is 19.7. The van der Waals surface area contributed by atoms with E-state index in [1.165, 1.54) is 30.2 Å². The van der Waals surface area contributed by atoms with Gasteiger partial charge in [-0.2, -0.15) is 4.31 Å². The summed E-state index contributed by atoms with van der Waals surface area (Å²) in [4.78, 5) is 26.3. The minimum Gasteiger partial charge on any atom is -0.507 e. The lowest BCUT2D eigenvalue weighted by atomic mass is 10.0. The number of benzene rings is 1. The zero-order valence-electron chi connectivity index (χ0n) is 18.8. The molecule has 1 amide bonds. The van der Waals surface area contributed by atoms with Gasteiger partial charge in [0.05, 0.1) is 12.7 Å². The van der Waals surface area contributed by atoms with Crippen molar-refractivity contribution in [3.63, 3.8) is 0 Å². The van der Waals surface area contributed by atoms with Crippen molar-refractivity contribution in [1.82, 2.24) is 9.21 Å². The Bertz CT molecular complexity index is 1140. The van der Waals surface area contributed by atoms with Crippen molar-refractivity contribution < 1.29 is 32.3 Å². The van der Waals surface area contributed by atoms with Crippen molar-refractivity contribution in [2.24, 2.45) is 0 Å². The quantitative estimate of drug-likeness (QED) is 0.676. The maximum atomic E-state index is 13.3. The summed E-state index contributed by atoms with van der Waals surface area (Å²) in [5.74, 6) is -0.752. The van der Waals surface area contributed by atoms with Crippen molar-refractivity contribution in [2.75, 3.05) is 33.3 Å². The van der Waals surface area contributed by atoms with Gasteiger partial charge in [0.2, 0.25) is 10.0 Å². The molecule has 2 aromatic rings. The van der Waals surface area contributed by atoms with Crippen LogP contribution in [0.4, 0.5) is 0 Å². The van der Waals surface area contributed by atoms with Crippen molar-refractivity contribution >= 4 is 21.9 Å². The number of amides is 1. The molecule has 10 heteroatoms. The number of aromatic hydroxyl groups is 1. The predicted molar refractivity (Wildman–Crippen MR) is 116 cm³/mol. The number of phenols is 1. The van der Waals surface area contributed by atoms with Crippen molar-refractivity contribution in [1.29, 1.82) is 0 Å². The van der Waals surface area contributed by atoms with Gasteiger partial charge in [-0.05, 0) is 37.5 Å². The molecule has 1 aromatic heterocycles. The summed E-state index contributed by atoms with van der Waals surface area (Å²) in [6.07, 6.45) is 0. The Labute approximate surface area is 187 Å². The number of carbonyl (C=O) groups excluding carboxylic acids is 2. The van der Waals surface area contributed by atoms with E-state index >= 15 is 0 Å². The van der Waals surface area contributed by atoms with Crippen LogP contribution in [0.2, 0.25) is 0 Å². The Morgan fingerprint density at radius 2 is 1.72 bits per heavy atom. The summed E-state index contributed by atoms with van der Waals surface area (Å²) in [5, 5.41) is 10.3. The average Bonchev–Trinajstić information content (AvgIpc) is 3.07. The number of nitrogens with zero attached hydrogens (tertiary/aromatic N) is 2. The molecule has 1 aliphatic rings. The first-order valence-electron chi connectivity index (χ1n) is 10.3. The Balaban J connectivity index is 1.79. The fourth-order valence-electron chi connectivity index (χ4n) is 3.83. The number of methoxy groups -OCH3 is 1.